The number of amides is 1. The number of nitrogens with one attached hydrogen (secondary N) is 1. The Morgan fingerprint density at radius 3 is 2.95 bits per heavy atom. The fourth-order valence-corrected chi connectivity index (χ4v) is 4.71. The first-order chi connectivity index (χ1) is 10.4. The van der Waals surface area contributed by atoms with Crippen LogP contribution in [0, 0.1) is 5.92 Å². The average Bonchev–Trinajstić information content (AvgIpc) is 2.83. The lowest BCUT2D eigenvalue weighted by Crippen LogP contribution is -2.33. The third-order valence-electron chi connectivity index (χ3n) is 3.85. The highest BCUT2D eigenvalue weighted by Gasteiger charge is 2.28. The molecule has 2 aliphatic rings. The van der Waals surface area contributed by atoms with Crippen molar-refractivity contribution < 1.29 is 17.9 Å². The van der Waals surface area contributed by atoms with E-state index in [0.717, 1.165) is 5.56 Å². The summed E-state index contributed by atoms with van der Waals surface area (Å²) in [6, 6.07) is 5.25. The molecule has 1 atom stereocenters. The minimum absolute atomic E-state index is 0.000731. The second-order valence-electron chi connectivity index (χ2n) is 5.62. The van der Waals surface area contributed by atoms with Crippen LogP contribution in [0.1, 0.15) is 12.0 Å². The lowest BCUT2D eigenvalue weighted by molar-refractivity contribution is -0.117. The minimum atomic E-state index is -2.92. The first kappa shape index (κ1) is 15.4. The molecule has 7 heteroatoms. The smallest absolute Gasteiger partial charge is 0.250 e. The summed E-state index contributed by atoms with van der Waals surface area (Å²) >= 11 is 5.94. The molecule has 1 aromatic rings. The lowest BCUT2D eigenvalue weighted by Gasteiger charge is -2.18. The molecule has 5 nitrogen and oxygen atoms in total. The third-order valence-corrected chi connectivity index (χ3v) is 5.93. The molecule has 1 N–H and O–H groups in total. The normalized spacial score (nSPS) is 22.4. The van der Waals surface area contributed by atoms with Gasteiger partial charge in [0, 0.05) is 17.1 Å². The molecule has 0 saturated carbocycles. The average molecular weight is 342 g/mol. The van der Waals surface area contributed by atoms with E-state index in [1.165, 1.54) is 0 Å². The van der Waals surface area contributed by atoms with Crippen molar-refractivity contribution in [2.45, 2.75) is 6.42 Å². The maximum absolute atomic E-state index is 12.2. The molecule has 0 aromatic heterocycles. The Labute approximate surface area is 134 Å². The Morgan fingerprint density at radius 1 is 1.41 bits per heavy atom. The van der Waals surface area contributed by atoms with Gasteiger partial charge in [-0.05, 0) is 36.6 Å². The van der Waals surface area contributed by atoms with Crippen molar-refractivity contribution in [1.29, 1.82) is 0 Å². The van der Waals surface area contributed by atoms with Gasteiger partial charge in [0.1, 0.15) is 12.4 Å². The van der Waals surface area contributed by atoms with Crippen molar-refractivity contribution >= 4 is 33.4 Å². The Hall–Kier alpha value is -1.53. The number of hydrogen-bond acceptors (Lipinski definition) is 4. The Morgan fingerprint density at radius 2 is 2.23 bits per heavy atom. The molecule has 2 heterocycles. The maximum Gasteiger partial charge on any atom is 0.250 e. The monoisotopic (exact) mass is 341 g/mol. The zero-order valence-electron chi connectivity index (χ0n) is 11.8. The molecule has 1 amide bonds. The van der Waals surface area contributed by atoms with E-state index in [9.17, 15) is 13.2 Å². The predicted molar refractivity (Wildman–Crippen MR) is 84.7 cm³/mol. The van der Waals surface area contributed by atoms with Gasteiger partial charge in [-0.25, -0.2) is 8.42 Å². The fourth-order valence-electron chi connectivity index (χ4n) is 2.66. The summed E-state index contributed by atoms with van der Waals surface area (Å²) in [5.41, 5.74) is 1.28. The van der Waals surface area contributed by atoms with Gasteiger partial charge in [-0.2, -0.15) is 0 Å². The number of ether oxygens (including phenoxy) is 1. The lowest BCUT2D eigenvalue weighted by atomic mass is 10.1. The van der Waals surface area contributed by atoms with E-state index in [4.69, 9.17) is 16.3 Å². The number of benzene rings is 1. The largest absolute Gasteiger partial charge is 0.488 e. The van der Waals surface area contributed by atoms with E-state index in [1.807, 2.05) is 0 Å². The van der Waals surface area contributed by atoms with Crippen molar-refractivity contribution in [2.75, 3.05) is 24.7 Å². The van der Waals surface area contributed by atoms with Gasteiger partial charge in [0.05, 0.1) is 17.1 Å². The number of fused-ring (bicyclic) bond motifs is 1. The summed E-state index contributed by atoms with van der Waals surface area (Å²) in [7, 11) is -2.92. The highest BCUT2D eigenvalue weighted by atomic mass is 35.5. The maximum atomic E-state index is 12.2. The van der Waals surface area contributed by atoms with Crippen LogP contribution in [0.25, 0.3) is 6.08 Å². The fraction of sp³-hybridized carbons (Fsp3) is 0.400. The van der Waals surface area contributed by atoms with Gasteiger partial charge >= 0.3 is 0 Å². The summed E-state index contributed by atoms with van der Waals surface area (Å²) in [6.07, 6.45) is 2.36. The van der Waals surface area contributed by atoms with Crippen molar-refractivity contribution in [3.8, 4) is 5.75 Å². The Kier molecular flexibility index (Phi) is 4.14. The van der Waals surface area contributed by atoms with Crippen molar-refractivity contribution in [3.05, 3.63) is 34.4 Å². The van der Waals surface area contributed by atoms with Crippen LogP contribution in [0.4, 0.5) is 0 Å². The van der Waals surface area contributed by atoms with Gasteiger partial charge in [0.25, 0.3) is 5.91 Å². The molecule has 3 rings (SSSR count). The summed E-state index contributed by atoms with van der Waals surface area (Å²) in [4.78, 5) is 12.2. The molecular formula is C15H16ClNO4S. The van der Waals surface area contributed by atoms with Gasteiger partial charge in [-0.1, -0.05) is 11.6 Å². The first-order valence-electron chi connectivity index (χ1n) is 7.04. The zero-order chi connectivity index (χ0) is 15.7. The molecule has 1 unspecified atom stereocenters. The highest BCUT2D eigenvalue weighted by Crippen LogP contribution is 2.29. The van der Waals surface area contributed by atoms with Crippen molar-refractivity contribution in [2.24, 2.45) is 5.92 Å². The van der Waals surface area contributed by atoms with Crippen molar-refractivity contribution in [3.63, 3.8) is 0 Å². The minimum Gasteiger partial charge on any atom is -0.488 e. The summed E-state index contributed by atoms with van der Waals surface area (Å²) < 4.78 is 28.3. The molecule has 0 aliphatic carbocycles. The summed E-state index contributed by atoms with van der Waals surface area (Å²) in [6.45, 7) is 0.571. The van der Waals surface area contributed by atoms with Crippen LogP contribution >= 0.6 is 11.6 Å². The van der Waals surface area contributed by atoms with E-state index in [-0.39, 0.29) is 29.9 Å². The number of sulfone groups is 1. The molecule has 0 spiro atoms. The summed E-state index contributed by atoms with van der Waals surface area (Å²) in [5.74, 6) is 0.838. The van der Waals surface area contributed by atoms with Gasteiger partial charge < -0.3 is 10.1 Å². The second-order valence-corrected chi connectivity index (χ2v) is 8.28. The van der Waals surface area contributed by atoms with Gasteiger partial charge in [-0.3, -0.25) is 4.79 Å². The molecule has 2 aliphatic heterocycles. The van der Waals surface area contributed by atoms with E-state index in [2.05, 4.69) is 5.32 Å². The first-order valence-corrected chi connectivity index (χ1v) is 9.24. The molecule has 1 saturated heterocycles. The van der Waals surface area contributed by atoms with Gasteiger partial charge in [0.15, 0.2) is 9.84 Å². The van der Waals surface area contributed by atoms with Crippen LogP contribution in [0.15, 0.2) is 23.8 Å². The second kappa shape index (κ2) is 5.93. The molecule has 0 bridgehead atoms. The van der Waals surface area contributed by atoms with Crippen LogP contribution < -0.4 is 10.1 Å². The molecule has 0 radical (unpaired) electrons. The summed E-state index contributed by atoms with van der Waals surface area (Å²) in [5, 5.41) is 3.37. The van der Waals surface area contributed by atoms with Gasteiger partial charge in [0.2, 0.25) is 0 Å². The van der Waals surface area contributed by atoms with E-state index >= 15 is 0 Å². The van der Waals surface area contributed by atoms with E-state index in [1.54, 1.807) is 24.3 Å². The molecule has 118 valence electrons. The third kappa shape index (κ3) is 3.44. The van der Waals surface area contributed by atoms with Crippen LogP contribution in [0.2, 0.25) is 5.02 Å². The standard InChI is InChI=1S/C15H16ClNO4S/c16-13-1-2-14-11(6-13)5-12(8-21-14)15(18)17-7-10-3-4-22(19,20)9-10/h1-2,5-6,10H,3-4,7-9H2,(H,17,18). The van der Waals surface area contributed by atoms with Crippen LogP contribution in [-0.2, 0) is 14.6 Å². The SMILES string of the molecule is O=C(NCC1CCS(=O)(=O)C1)C1=Cc2cc(Cl)ccc2OC1. The van der Waals surface area contributed by atoms with Crippen LogP contribution in [0.5, 0.6) is 5.75 Å². The Balaban J connectivity index is 1.64. The van der Waals surface area contributed by atoms with Crippen LogP contribution in [0.3, 0.4) is 0 Å². The number of halogens is 1. The Bertz CT molecular complexity index is 742. The molecular weight excluding hydrogens is 326 g/mol. The highest BCUT2D eigenvalue weighted by molar-refractivity contribution is 7.91. The van der Waals surface area contributed by atoms with Crippen LogP contribution in [-0.4, -0.2) is 39.0 Å². The van der Waals surface area contributed by atoms with Crippen molar-refractivity contribution in [1.82, 2.24) is 5.32 Å². The molecule has 22 heavy (non-hydrogen) atoms. The topological polar surface area (TPSA) is 72.5 Å². The molecule has 1 aromatic carbocycles. The zero-order valence-corrected chi connectivity index (χ0v) is 13.4. The van der Waals surface area contributed by atoms with Gasteiger partial charge in [-0.15, -0.1) is 0 Å². The molecule has 1 fully saturated rings. The quantitative estimate of drug-likeness (QED) is 0.907. The number of carbonyl (C=O) groups excluding carboxylic acids is 1. The number of rotatable bonds is 3. The van der Waals surface area contributed by atoms with E-state index in [0.29, 0.717) is 29.3 Å². The van der Waals surface area contributed by atoms with E-state index < -0.39 is 9.84 Å². The number of carbonyl (C=O) groups is 1. The predicted octanol–water partition coefficient (Wildman–Crippen LogP) is 1.67. The number of hydrogen-bond donors (Lipinski definition) is 1.